The van der Waals surface area contributed by atoms with Gasteiger partial charge < -0.3 is 4.90 Å². The number of carbonyl (C=O) groups is 1. The summed E-state index contributed by atoms with van der Waals surface area (Å²) in [6, 6.07) is 0. The quantitative estimate of drug-likeness (QED) is 0.633. The van der Waals surface area contributed by atoms with Gasteiger partial charge in [-0.25, -0.2) is 0 Å². The van der Waals surface area contributed by atoms with Gasteiger partial charge in [0.25, 0.3) is 0 Å². The van der Waals surface area contributed by atoms with E-state index in [4.69, 9.17) is 0 Å². The van der Waals surface area contributed by atoms with E-state index in [1.807, 2.05) is 6.08 Å². The molecular formula is C12H17NO. The molecule has 0 amide bonds. The molecule has 1 fully saturated rings. The van der Waals surface area contributed by atoms with Crippen LogP contribution in [0.1, 0.15) is 32.6 Å². The number of hydrogen-bond acceptors (Lipinski definition) is 2. The van der Waals surface area contributed by atoms with Gasteiger partial charge in [0.05, 0.1) is 0 Å². The van der Waals surface area contributed by atoms with Gasteiger partial charge in [-0.1, -0.05) is 0 Å². The van der Waals surface area contributed by atoms with Crippen LogP contribution in [0.2, 0.25) is 0 Å². The summed E-state index contributed by atoms with van der Waals surface area (Å²) in [6.45, 7) is 4.39. The van der Waals surface area contributed by atoms with Crippen molar-refractivity contribution in [3.63, 3.8) is 0 Å². The highest BCUT2D eigenvalue weighted by Crippen LogP contribution is 2.23. The Kier molecular flexibility index (Phi) is 2.71. The molecule has 0 saturated carbocycles. The second-order valence-electron chi connectivity index (χ2n) is 4.19. The highest BCUT2D eigenvalue weighted by atomic mass is 16.1. The van der Waals surface area contributed by atoms with Gasteiger partial charge in [-0.15, -0.1) is 0 Å². The average Bonchev–Trinajstić information content (AvgIpc) is 2.19. The molecular weight excluding hydrogens is 174 g/mol. The SMILES string of the molecule is CC1=C(N2CCCCC2)C=CC(=O)C1. The van der Waals surface area contributed by atoms with E-state index in [0.29, 0.717) is 6.42 Å². The Labute approximate surface area is 85.3 Å². The van der Waals surface area contributed by atoms with Crippen LogP contribution in [-0.4, -0.2) is 23.8 Å². The third kappa shape index (κ3) is 1.89. The van der Waals surface area contributed by atoms with Crippen molar-refractivity contribution in [2.24, 2.45) is 0 Å². The van der Waals surface area contributed by atoms with Crippen molar-refractivity contribution in [2.45, 2.75) is 32.6 Å². The van der Waals surface area contributed by atoms with E-state index < -0.39 is 0 Å². The largest absolute Gasteiger partial charge is 0.372 e. The molecule has 0 radical (unpaired) electrons. The molecule has 2 nitrogen and oxygen atoms in total. The lowest BCUT2D eigenvalue weighted by Gasteiger charge is -2.32. The number of ketones is 1. The van der Waals surface area contributed by atoms with Gasteiger partial charge in [0.15, 0.2) is 5.78 Å². The molecule has 0 aromatic carbocycles. The van der Waals surface area contributed by atoms with E-state index >= 15 is 0 Å². The molecule has 0 atom stereocenters. The van der Waals surface area contributed by atoms with Crippen LogP contribution in [0.4, 0.5) is 0 Å². The molecule has 1 aliphatic carbocycles. The summed E-state index contributed by atoms with van der Waals surface area (Å²) >= 11 is 0. The first kappa shape index (κ1) is 9.50. The van der Waals surface area contributed by atoms with Crippen LogP contribution in [0, 0.1) is 0 Å². The second kappa shape index (κ2) is 3.99. The number of rotatable bonds is 1. The fraction of sp³-hybridized carbons (Fsp3) is 0.583. The van der Waals surface area contributed by atoms with Crippen molar-refractivity contribution >= 4 is 5.78 Å². The molecule has 76 valence electrons. The van der Waals surface area contributed by atoms with E-state index in [1.165, 1.54) is 30.5 Å². The maximum Gasteiger partial charge on any atom is 0.159 e. The first-order valence-corrected chi connectivity index (χ1v) is 5.43. The maximum atomic E-state index is 11.2. The molecule has 0 aromatic heterocycles. The maximum absolute atomic E-state index is 11.2. The third-order valence-electron chi connectivity index (χ3n) is 3.00. The summed E-state index contributed by atoms with van der Waals surface area (Å²) in [7, 11) is 0. The van der Waals surface area contributed by atoms with Crippen LogP contribution in [0.3, 0.4) is 0 Å². The molecule has 0 bridgehead atoms. The highest BCUT2D eigenvalue weighted by Gasteiger charge is 2.17. The van der Waals surface area contributed by atoms with Crippen LogP contribution in [0.5, 0.6) is 0 Å². The number of hydrogen-bond donors (Lipinski definition) is 0. The zero-order valence-corrected chi connectivity index (χ0v) is 8.75. The lowest BCUT2D eigenvalue weighted by Crippen LogP contribution is -2.30. The van der Waals surface area contributed by atoms with Gasteiger partial charge in [-0.05, 0) is 43.9 Å². The van der Waals surface area contributed by atoms with Gasteiger partial charge >= 0.3 is 0 Å². The van der Waals surface area contributed by atoms with E-state index in [1.54, 1.807) is 6.08 Å². The topological polar surface area (TPSA) is 20.3 Å². The van der Waals surface area contributed by atoms with Crippen LogP contribution >= 0.6 is 0 Å². The Morgan fingerprint density at radius 3 is 2.50 bits per heavy atom. The fourth-order valence-electron chi connectivity index (χ4n) is 2.24. The molecule has 14 heavy (non-hydrogen) atoms. The standard InChI is InChI=1S/C12H17NO/c1-10-9-11(14)5-6-12(10)13-7-3-2-4-8-13/h5-6H,2-4,7-9H2,1H3. The van der Waals surface area contributed by atoms with Crippen molar-refractivity contribution in [1.82, 2.24) is 4.90 Å². The summed E-state index contributed by atoms with van der Waals surface area (Å²) in [5.41, 5.74) is 2.53. The number of allylic oxidation sites excluding steroid dienone is 3. The van der Waals surface area contributed by atoms with Gasteiger partial charge in [-0.3, -0.25) is 4.79 Å². The van der Waals surface area contributed by atoms with Crippen LogP contribution in [-0.2, 0) is 4.79 Å². The number of nitrogens with zero attached hydrogens (tertiary/aromatic N) is 1. The van der Waals surface area contributed by atoms with Crippen molar-refractivity contribution < 1.29 is 4.79 Å². The summed E-state index contributed by atoms with van der Waals surface area (Å²) in [4.78, 5) is 13.6. The molecule has 0 aromatic rings. The van der Waals surface area contributed by atoms with Crippen molar-refractivity contribution in [2.75, 3.05) is 13.1 Å². The second-order valence-corrected chi connectivity index (χ2v) is 4.19. The molecule has 2 heteroatoms. The summed E-state index contributed by atoms with van der Waals surface area (Å²) < 4.78 is 0. The third-order valence-corrected chi connectivity index (χ3v) is 3.00. The van der Waals surface area contributed by atoms with Crippen molar-refractivity contribution in [3.8, 4) is 0 Å². The Bertz CT molecular complexity index is 295. The molecule has 2 aliphatic rings. The van der Waals surface area contributed by atoms with E-state index in [-0.39, 0.29) is 5.78 Å². The highest BCUT2D eigenvalue weighted by molar-refractivity contribution is 5.93. The Balaban J connectivity index is 2.12. The Morgan fingerprint density at radius 1 is 1.14 bits per heavy atom. The van der Waals surface area contributed by atoms with Gasteiger partial charge in [0, 0.05) is 25.2 Å². The average molecular weight is 191 g/mol. The fourth-order valence-corrected chi connectivity index (χ4v) is 2.24. The van der Waals surface area contributed by atoms with E-state index in [0.717, 1.165) is 13.1 Å². The minimum atomic E-state index is 0.239. The lowest BCUT2D eigenvalue weighted by molar-refractivity contribution is -0.114. The first-order chi connectivity index (χ1) is 6.77. The van der Waals surface area contributed by atoms with Crippen LogP contribution in [0.25, 0.3) is 0 Å². The molecule has 0 spiro atoms. The number of piperidine rings is 1. The minimum absolute atomic E-state index is 0.239. The molecule has 2 rings (SSSR count). The first-order valence-electron chi connectivity index (χ1n) is 5.43. The van der Waals surface area contributed by atoms with Crippen LogP contribution < -0.4 is 0 Å². The van der Waals surface area contributed by atoms with Crippen molar-refractivity contribution in [1.29, 1.82) is 0 Å². The zero-order chi connectivity index (χ0) is 9.97. The van der Waals surface area contributed by atoms with Gasteiger partial charge in [0.2, 0.25) is 0 Å². The number of likely N-dealkylation sites (tertiary alicyclic amines) is 1. The predicted molar refractivity (Wildman–Crippen MR) is 56.9 cm³/mol. The monoisotopic (exact) mass is 191 g/mol. The smallest absolute Gasteiger partial charge is 0.159 e. The zero-order valence-electron chi connectivity index (χ0n) is 8.75. The van der Waals surface area contributed by atoms with Crippen LogP contribution in [0.15, 0.2) is 23.4 Å². The van der Waals surface area contributed by atoms with E-state index in [9.17, 15) is 4.79 Å². The van der Waals surface area contributed by atoms with Gasteiger partial charge in [0.1, 0.15) is 0 Å². The summed E-state index contributed by atoms with van der Waals surface area (Å²) in [6.07, 6.45) is 8.26. The molecule has 0 N–H and O–H groups in total. The Hall–Kier alpha value is -1.05. The lowest BCUT2D eigenvalue weighted by atomic mass is 10.00. The predicted octanol–water partition coefficient (Wildman–Crippen LogP) is 2.28. The normalized spacial score (nSPS) is 23.2. The Morgan fingerprint density at radius 2 is 1.86 bits per heavy atom. The number of carbonyl (C=O) groups excluding carboxylic acids is 1. The van der Waals surface area contributed by atoms with Crippen molar-refractivity contribution in [3.05, 3.63) is 23.4 Å². The van der Waals surface area contributed by atoms with E-state index in [2.05, 4.69) is 11.8 Å². The minimum Gasteiger partial charge on any atom is -0.372 e. The molecule has 1 heterocycles. The summed E-state index contributed by atoms with van der Waals surface area (Å²) in [5, 5.41) is 0. The molecule has 1 aliphatic heterocycles. The molecule has 0 unspecified atom stereocenters. The molecule has 1 saturated heterocycles. The summed E-state index contributed by atoms with van der Waals surface area (Å²) in [5.74, 6) is 0.239. The van der Waals surface area contributed by atoms with Gasteiger partial charge in [-0.2, -0.15) is 0 Å².